The lowest BCUT2D eigenvalue weighted by molar-refractivity contribution is 0.0985. The Bertz CT molecular complexity index is 800. The van der Waals surface area contributed by atoms with E-state index in [0.29, 0.717) is 11.9 Å². The molecule has 1 saturated heterocycles. The van der Waals surface area contributed by atoms with E-state index in [0.717, 1.165) is 42.0 Å². The van der Waals surface area contributed by atoms with Crippen LogP contribution < -0.4 is 4.90 Å². The average molecular weight is 295 g/mol. The van der Waals surface area contributed by atoms with Gasteiger partial charge in [0.15, 0.2) is 5.82 Å². The van der Waals surface area contributed by atoms with Gasteiger partial charge < -0.3 is 14.6 Å². The Morgan fingerprint density at radius 2 is 2.27 bits per heavy atom. The minimum atomic E-state index is 0.317. The van der Waals surface area contributed by atoms with Crippen molar-refractivity contribution in [1.29, 1.82) is 0 Å². The summed E-state index contributed by atoms with van der Waals surface area (Å²) < 4.78 is 5.50. The van der Waals surface area contributed by atoms with Crippen LogP contribution in [-0.2, 0) is 4.74 Å². The number of hydrogen-bond acceptors (Lipinski definition) is 5. The predicted octanol–water partition coefficient (Wildman–Crippen LogP) is 2.25. The third-order valence-electron chi connectivity index (χ3n) is 4.02. The molecule has 22 heavy (non-hydrogen) atoms. The molecule has 4 heterocycles. The van der Waals surface area contributed by atoms with Crippen LogP contribution in [0.1, 0.15) is 6.92 Å². The fraction of sp³-hybridized carbons (Fsp3) is 0.312. The number of anilines is 1. The summed E-state index contributed by atoms with van der Waals surface area (Å²) in [5.74, 6) is 1.64. The van der Waals surface area contributed by atoms with Crippen molar-refractivity contribution < 1.29 is 4.74 Å². The number of nitrogens with zero attached hydrogens (tertiary/aromatic N) is 4. The van der Waals surface area contributed by atoms with Gasteiger partial charge >= 0.3 is 0 Å². The van der Waals surface area contributed by atoms with Gasteiger partial charge in [-0.2, -0.15) is 0 Å². The highest BCUT2D eigenvalue weighted by Crippen LogP contribution is 2.26. The van der Waals surface area contributed by atoms with Gasteiger partial charge in [-0.3, -0.25) is 4.98 Å². The fourth-order valence-corrected chi connectivity index (χ4v) is 2.86. The molecule has 1 fully saturated rings. The zero-order valence-corrected chi connectivity index (χ0v) is 12.4. The number of rotatable bonds is 2. The molecular formula is C16H17N5O. The Balaban J connectivity index is 1.77. The Morgan fingerprint density at radius 3 is 3.18 bits per heavy atom. The minimum absolute atomic E-state index is 0.317. The molecule has 3 aromatic heterocycles. The summed E-state index contributed by atoms with van der Waals surface area (Å²) in [7, 11) is 0. The quantitative estimate of drug-likeness (QED) is 0.785. The summed E-state index contributed by atoms with van der Waals surface area (Å²) in [6, 6.07) is 4.30. The Labute approximate surface area is 128 Å². The largest absolute Gasteiger partial charge is 0.377 e. The highest BCUT2D eigenvalue weighted by molar-refractivity contribution is 5.92. The average Bonchev–Trinajstić information content (AvgIpc) is 3.04. The molecule has 0 spiro atoms. The predicted molar refractivity (Wildman–Crippen MR) is 84.7 cm³/mol. The summed E-state index contributed by atoms with van der Waals surface area (Å²) in [6.45, 7) is 4.46. The van der Waals surface area contributed by atoms with Crippen molar-refractivity contribution in [2.45, 2.75) is 13.0 Å². The lowest BCUT2D eigenvalue weighted by Gasteiger charge is -2.34. The first kappa shape index (κ1) is 13.2. The summed E-state index contributed by atoms with van der Waals surface area (Å²) in [4.78, 5) is 18.9. The van der Waals surface area contributed by atoms with Crippen LogP contribution in [-0.4, -0.2) is 45.7 Å². The van der Waals surface area contributed by atoms with Gasteiger partial charge in [0.05, 0.1) is 31.0 Å². The van der Waals surface area contributed by atoms with Crippen LogP contribution in [0, 0.1) is 0 Å². The van der Waals surface area contributed by atoms with Crippen molar-refractivity contribution in [3.05, 3.63) is 36.9 Å². The molecule has 1 aliphatic heterocycles. The van der Waals surface area contributed by atoms with Crippen LogP contribution >= 0.6 is 0 Å². The highest BCUT2D eigenvalue weighted by Gasteiger charge is 2.21. The topological polar surface area (TPSA) is 66.9 Å². The maximum absolute atomic E-state index is 5.50. The van der Waals surface area contributed by atoms with E-state index in [1.54, 1.807) is 0 Å². The number of aromatic nitrogens is 4. The molecule has 3 aromatic rings. The van der Waals surface area contributed by atoms with Crippen LogP contribution in [0.2, 0.25) is 0 Å². The summed E-state index contributed by atoms with van der Waals surface area (Å²) >= 11 is 0. The van der Waals surface area contributed by atoms with Gasteiger partial charge in [0.1, 0.15) is 5.82 Å². The second-order valence-corrected chi connectivity index (χ2v) is 5.48. The van der Waals surface area contributed by atoms with Crippen molar-refractivity contribution in [3.63, 3.8) is 0 Å². The molecule has 0 aromatic carbocycles. The number of ether oxygens (including phenoxy) is 1. The Kier molecular flexibility index (Phi) is 3.23. The molecule has 0 radical (unpaired) electrons. The standard InChI is InChI=1S/C16H17N5O/c1-11-10-22-7-6-21(11)15-3-5-19-16(20-15)13-8-17-9-14-12(13)2-4-18-14/h2-5,8-9,11,18H,6-7,10H2,1H3. The summed E-state index contributed by atoms with van der Waals surface area (Å²) in [5, 5.41) is 1.09. The maximum atomic E-state index is 5.50. The monoisotopic (exact) mass is 295 g/mol. The molecule has 112 valence electrons. The van der Waals surface area contributed by atoms with Gasteiger partial charge in [-0.25, -0.2) is 9.97 Å². The first-order valence-corrected chi connectivity index (χ1v) is 7.42. The molecule has 0 aliphatic carbocycles. The zero-order chi connectivity index (χ0) is 14.9. The maximum Gasteiger partial charge on any atom is 0.163 e. The zero-order valence-electron chi connectivity index (χ0n) is 12.4. The number of morpholine rings is 1. The van der Waals surface area contributed by atoms with Gasteiger partial charge in [0.2, 0.25) is 0 Å². The smallest absolute Gasteiger partial charge is 0.163 e. The molecule has 4 rings (SSSR count). The van der Waals surface area contributed by atoms with Crippen LogP contribution in [0.25, 0.3) is 22.3 Å². The van der Waals surface area contributed by atoms with Gasteiger partial charge in [0.25, 0.3) is 0 Å². The van der Waals surface area contributed by atoms with E-state index in [-0.39, 0.29) is 0 Å². The molecular weight excluding hydrogens is 278 g/mol. The molecule has 0 saturated carbocycles. The molecule has 0 bridgehead atoms. The number of nitrogens with one attached hydrogen (secondary N) is 1. The first-order chi connectivity index (χ1) is 10.8. The van der Waals surface area contributed by atoms with Gasteiger partial charge in [-0.1, -0.05) is 0 Å². The van der Waals surface area contributed by atoms with Crippen molar-refractivity contribution >= 4 is 16.7 Å². The number of hydrogen-bond donors (Lipinski definition) is 1. The highest BCUT2D eigenvalue weighted by atomic mass is 16.5. The van der Waals surface area contributed by atoms with Crippen LogP contribution in [0.3, 0.4) is 0 Å². The van der Waals surface area contributed by atoms with E-state index in [4.69, 9.17) is 9.72 Å². The molecule has 1 aliphatic rings. The summed E-state index contributed by atoms with van der Waals surface area (Å²) in [6.07, 6.45) is 7.35. The van der Waals surface area contributed by atoms with Crippen LogP contribution in [0.5, 0.6) is 0 Å². The minimum Gasteiger partial charge on any atom is -0.377 e. The van der Waals surface area contributed by atoms with Crippen molar-refractivity contribution in [3.8, 4) is 11.4 Å². The number of H-pyrrole nitrogens is 1. The SMILES string of the molecule is CC1COCCN1c1ccnc(-c2cncc3[nH]ccc23)n1. The van der Waals surface area contributed by atoms with E-state index in [2.05, 4.69) is 26.8 Å². The molecule has 6 heteroatoms. The van der Waals surface area contributed by atoms with E-state index in [1.807, 2.05) is 36.9 Å². The second-order valence-electron chi connectivity index (χ2n) is 5.48. The third kappa shape index (κ3) is 2.21. The van der Waals surface area contributed by atoms with E-state index < -0.39 is 0 Å². The van der Waals surface area contributed by atoms with E-state index in [1.165, 1.54) is 0 Å². The van der Waals surface area contributed by atoms with Gasteiger partial charge in [-0.15, -0.1) is 0 Å². The van der Waals surface area contributed by atoms with E-state index in [9.17, 15) is 0 Å². The number of pyridine rings is 1. The third-order valence-corrected chi connectivity index (χ3v) is 4.02. The Morgan fingerprint density at radius 1 is 1.32 bits per heavy atom. The lowest BCUT2D eigenvalue weighted by Crippen LogP contribution is -2.44. The Hall–Kier alpha value is -2.47. The molecule has 0 amide bonds. The molecule has 6 nitrogen and oxygen atoms in total. The van der Waals surface area contributed by atoms with Gasteiger partial charge in [-0.05, 0) is 19.1 Å². The van der Waals surface area contributed by atoms with E-state index >= 15 is 0 Å². The molecule has 1 N–H and O–H groups in total. The van der Waals surface area contributed by atoms with Crippen LogP contribution in [0.15, 0.2) is 36.9 Å². The molecule has 1 atom stereocenters. The van der Waals surface area contributed by atoms with Crippen molar-refractivity contribution in [2.75, 3.05) is 24.7 Å². The number of fused-ring (bicyclic) bond motifs is 1. The van der Waals surface area contributed by atoms with Crippen LogP contribution in [0.4, 0.5) is 5.82 Å². The lowest BCUT2D eigenvalue weighted by atomic mass is 10.2. The first-order valence-electron chi connectivity index (χ1n) is 7.42. The fourth-order valence-electron chi connectivity index (χ4n) is 2.86. The summed E-state index contributed by atoms with van der Waals surface area (Å²) in [5.41, 5.74) is 1.94. The van der Waals surface area contributed by atoms with Crippen molar-refractivity contribution in [2.24, 2.45) is 0 Å². The van der Waals surface area contributed by atoms with Crippen molar-refractivity contribution in [1.82, 2.24) is 19.9 Å². The number of aromatic amines is 1. The second kappa shape index (κ2) is 5.38. The van der Waals surface area contributed by atoms with Gasteiger partial charge in [0, 0.05) is 36.1 Å². The molecule has 1 unspecified atom stereocenters. The normalized spacial score (nSPS) is 18.8.